The fourth-order valence-corrected chi connectivity index (χ4v) is 2.60. The molecule has 0 atom stereocenters. The Labute approximate surface area is 155 Å². The number of nitrogens with one attached hydrogen (secondary N) is 1. The van der Waals surface area contributed by atoms with Crippen LogP contribution in [0.15, 0.2) is 30.6 Å². The van der Waals surface area contributed by atoms with Gasteiger partial charge in [-0.3, -0.25) is 4.79 Å². The van der Waals surface area contributed by atoms with E-state index < -0.39 is 5.97 Å². The average Bonchev–Trinajstić information content (AvgIpc) is 2.69. The summed E-state index contributed by atoms with van der Waals surface area (Å²) in [5.74, 6) is -0.257. The van der Waals surface area contributed by atoms with E-state index in [0.717, 1.165) is 0 Å². The van der Waals surface area contributed by atoms with Gasteiger partial charge in [-0.25, -0.2) is 14.8 Å². The van der Waals surface area contributed by atoms with Gasteiger partial charge in [0.05, 0.1) is 49.0 Å². The number of hydrogen-bond acceptors (Lipinski definition) is 7. The maximum Gasteiger partial charge on any atom is 0.337 e. The number of carbonyl (C=O) groups is 2. The smallest absolute Gasteiger partial charge is 0.337 e. The number of hydrogen-bond donors (Lipinski definition) is 1. The molecule has 1 saturated heterocycles. The molecule has 1 aromatic heterocycles. The first kappa shape index (κ1) is 18.1. The van der Waals surface area contributed by atoms with Crippen LogP contribution in [0.5, 0.6) is 0 Å². The van der Waals surface area contributed by atoms with Crippen LogP contribution in [0.1, 0.15) is 20.8 Å². The highest BCUT2D eigenvalue weighted by Crippen LogP contribution is 2.26. The minimum Gasteiger partial charge on any atom is -0.465 e. The van der Waals surface area contributed by atoms with E-state index in [1.54, 1.807) is 23.1 Å². The molecule has 0 bridgehead atoms. The van der Waals surface area contributed by atoms with Crippen LogP contribution in [-0.4, -0.2) is 60.2 Å². The Morgan fingerprint density at radius 1 is 1.23 bits per heavy atom. The third-order valence-electron chi connectivity index (χ3n) is 3.82. The predicted octanol–water partition coefficient (Wildman–Crippen LogP) is 2.13. The highest BCUT2D eigenvalue weighted by Gasteiger charge is 2.20. The molecule has 1 aromatic carbocycles. The molecule has 2 aromatic rings. The van der Waals surface area contributed by atoms with Gasteiger partial charge in [0.15, 0.2) is 0 Å². The fraction of sp³-hybridized carbons (Fsp3) is 0.294. The number of amides is 1. The zero-order valence-corrected chi connectivity index (χ0v) is 14.8. The lowest BCUT2D eigenvalue weighted by atomic mass is 10.2. The van der Waals surface area contributed by atoms with Crippen molar-refractivity contribution in [1.29, 1.82) is 0 Å². The van der Waals surface area contributed by atoms with Crippen molar-refractivity contribution >= 4 is 35.0 Å². The highest BCUT2D eigenvalue weighted by molar-refractivity contribution is 6.33. The Morgan fingerprint density at radius 2 is 2.00 bits per heavy atom. The van der Waals surface area contributed by atoms with Gasteiger partial charge in [-0.2, -0.15) is 0 Å². The van der Waals surface area contributed by atoms with Crippen LogP contribution in [0.4, 0.5) is 11.5 Å². The number of ether oxygens (including phenoxy) is 2. The van der Waals surface area contributed by atoms with Crippen LogP contribution in [0.25, 0.3) is 0 Å². The molecular formula is C17H17ClN4O4. The number of anilines is 2. The molecule has 26 heavy (non-hydrogen) atoms. The maximum absolute atomic E-state index is 12.4. The molecule has 1 N–H and O–H groups in total. The number of rotatable bonds is 4. The summed E-state index contributed by atoms with van der Waals surface area (Å²) in [6.45, 7) is 2.12. The lowest BCUT2D eigenvalue weighted by Gasteiger charge is -2.26. The quantitative estimate of drug-likeness (QED) is 0.817. The summed E-state index contributed by atoms with van der Waals surface area (Å²) in [4.78, 5) is 34.0. The Bertz CT molecular complexity index is 807. The summed E-state index contributed by atoms with van der Waals surface area (Å²) in [5.41, 5.74) is 1.09. The third-order valence-corrected chi connectivity index (χ3v) is 4.15. The minimum absolute atomic E-state index is 0.182. The second kappa shape index (κ2) is 8.11. The molecule has 0 spiro atoms. The number of methoxy groups -OCH3 is 1. The van der Waals surface area contributed by atoms with Crippen molar-refractivity contribution in [2.45, 2.75) is 0 Å². The van der Waals surface area contributed by atoms with Crippen LogP contribution < -0.4 is 5.32 Å². The molecule has 1 aliphatic rings. The highest BCUT2D eigenvalue weighted by atomic mass is 35.5. The number of halogens is 1. The first-order chi connectivity index (χ1) is 12.6. The van der Waals surface area contributed by atoms with E-state index in [1.165, 1.54) is 19.5 Å². The van der Waals surface area contributed by atoms with Crippen LogP contribution in [0.2, 0.25) is 5.02 Å². The van der Waals surface area contributed by atoms with Crippen LogP contribution in [0, 0.1) is 0 Å². The van der Waals surface area contributed by atoms with Gasteiger partial charge in [0.25, 0.3) is 5.91 Å². The normalized spacial score (nSPS) is 14.0. The summed E-state index contributed by atoms with van der Waals surface area (Å²) >= 11 is 6.14. The standard InChI is InChI=1S/C17H17ClN4O4/c1-25-17(24)11-2-3-12(18)13(8-11)21-15-10-19-14(9-20-15)16(23)22-4-6-26-7-5-22/h2-3,8-10H,4-7H2,1H3,(H,20,21). The zero-order valence-electron chi connectivity index (χ0n) is 14.1. The number of esters is 1. The average molecular weight is 377 g/mol. The maximum atomic E-state index is 12.4. The molecule has 1 amide bonds. The van der Waals surface area contributed by atoms with Gasteiger partial charge < -0.3 is 19.7 Å². The van der Waals surface area contributed by atoms with Crippen molar-refractivity contribution in [1.82, 2.24) is 14.9 Å². The van der Waals surface area contributed by atoms with E-state index in [9.17, 15) is 9.59 Å². The second-order valence-electron chi connectivity index (χ2n) is 5.50. The SMILES string of the molecule is COC(=O)c1ccc(Cl)c(Nc2cnc(C(=O)N3CCOCC3)cn2)c1. The molecule has 0 aliphatic carbocycles. The number of morpholine rings is 1. The Morgan fingerprint density at radius 3 is 2.65 bits per heavy atom. The molecule has 1 aliphatic heterocycles. The third kappa shape index (κ3) is 4.09. The first-order valence-corrected chi connectivity index (χ1v) is 8.30. The number of carbonyl (C=O) groups excluding carboxylic acids is 2. The van der Waals surface area contributed by atoms with Crippen LogP contribution in [0.3, 0.4) is 0 Å². The summed E-state index contributed by atoms with van der Waals surface area (Å²) in [6.07, 6.45) is 2.84. The molecule has 2 heterocycles. The Kier molecular flexibility index (Phi) is 5.65. The van der Waals surface area contributed by atoms with Crippen molar-refractivity contribution in [2.24, 2.45) is 0 Å². The van der Waals surface area contributed by atoms with Crippen molar-refractivity contribution in [3.05, 3.63) is 46.9 Å². The minimum atomic E-state index is -0.470. The van der Waals surface area contributed by atoms with Gasteiger partial charge >= 0.3 is 5.97 Å². The molecule has 136 valence electrons. The first-order valence-electron chi connectivity index (χ1n) is 7.92. The lowest BCUT2D eigenvalue weighted by molar-refractivity contribution is 0.0298. The fourth-order valence-electron chi connectivity index (χ4n) is 2.44. The number of nitrogens with zero attached hydrogens (tertiary/aromatic N) is 3. The molecule has 1 fully saturated rings. The summed E-state index contributed by atoms with van der Waals surface area (Å²) < 4.78 is 9.92. The van der Waals surface area contributed by atoms with Crippen LogP contribution in [-0.2, 0) is 9.47 Å². The molecule has 8 nitrogen and oxygen atoms in total. The summed E-state index contributed by atoms with van der Waals surface area (Å²) in [5, 5.41) is 3.39. The van der Waals surface area contributed by atoms with Gasteiger partial charge in [-0.05, 0) is 18.2 Å². The summed E-state index contributed by atoms with van der Waals surface area (Å²) in [6, 6.07) is 4.71. The van der Waals surface area contributed by atoms with Gasteiger partial charge in [-0.15, -0.1) is 0 Å². The molecular weight excluding hydrogens is 360 g/mol. The van der Waals surface area contributed by atoms with Gasteiger partial charge in [0.2, 0.25) is 0 Å². The van der Waals surface area contributed by atoms with Gasteiger partial charge in [0, 0.05) is 13.1 Å². The Hall–Kier alpha value is -2.71. The molecule has 0 saturated carbocycles. The second-order valence-corrected chi connectivity index (χ2v) is 5.91. The largest absolute Gasteiger partial charge is 0.465 e. The van der Waals surface area contributed by atoms with E-state index >= 15 is 0 Å². The van der Waals surface area contributed by atoms with Crippen molar-refractivity contribution in [2.75, 3.05) is 38.7 Å². The van der Waals surface area contributed by atoms with Gasteiger partial charge in [-0.1, -0.05) is 11.6 Å². The van der Waals surface area contributed by atoms with E-state index in [0.29, 0.717) is 48.4 Å². The molecule has 0 radical (unpaired) electrons. The van der Waals surface area contributed by atoms with Crippen molar-refractivity contribution < 1.29 is 19.1 Å². The molecule has 9 heteroatoms. The van der Waals surface area contributed by atoms with Crippen molar-refractivity contribution in [3.8, 4) is 0 Å². The van der Waals surface area contributed by atoms with E-state index in [1.807, 2.05) is 0 Å². The topological polar surface area (TPSA) is 93.6 Å². The number of benzene rings is 1. The summed E-state index contributed by atoms with van der Waals surface area (Å²) in [7, 11) is 1.31. The van der Waals surface area contributed by atoms with Gasteiger partial charge in [0.1, 0.15) is 11.5 Å². The van der Waals surface area contributed by atoms with Crippen molar-refractivity contribution in [3.63, 3.8) is 0 Å². The zero-order chi connectivity index (χ0) is 18.5. The molecule has 0 unspecified atom stereocenters. The monoisotopic (exact) mass is 376 g/mol. The van der Waals surface area contributed by atoms with E-state index in [-0.39, 0.29) is 11.6 Å². The molecule has 3 rings (SSSR count). The van der Waals surface area contributed by atoms with Crippen LogP contribution >= 0.6 is 11.6 Å². The number of aromatic nitrogens is 2. The lowest BCUT2D eigenvalue weighted by Crippen LogP contribution is -2.41. The Balaban J connectivity index is 1.73. The van der Waals surface area contributed by atoms with E-state index in [4.69, 9.17) is 21.1 Å². The predicted molar refractivity (Wildman–Crippen MR) is 94.8 cm³/mol. The van der Waals surface area contributed by atoms with E-state index in [2.05, 4.69) is 15.3 Å².